The van der Waals surface area contributed by atoms with Crippen LogP contribution >= 0.6 is 11.3 Å². The lowest BCUT2D eigenvalue weighted by Crippen LogP contribution is -2.48. The van der Waals surface area contributed by atoms with E-state index in [1.165, 1.54) is 40.7 Å². The van der Waals surface area contributed by atoms with Crippen molar-refractivity contribution in [1.82, 2.24) is 19.5 Å². The predicted octanol–water partition coefficient (Wildman–Crippen LogP) is 3.23. The molecule has 1 aromatic heterocycles. The summed E-state index contributed by atoms with van der Waals surface area (Å²) in [5, 5.41) is 3.87. The standard InChI is InChI=1S/C28H35N5O5S2/c1-5-14-33(15-6-2)40(35,36)22-9-7-21(8-10-22)27(34)29-13-16-31-17-19-32(20-18-31)28-30-25-23(37-3)11-12-24(38-4)26(25)39-28/h5-12H,1-2,13-20H2,3-4H3,(H,29,34). The van der Waals surface area contributed by atoms with E-state index >= 15 is 0 Å². The Morgan fingerprint density at radius 3 is 2.25 bits per heavy atom. The van der Waals surface area contributed by atoms with Crippen molar-refractivity contribution in [3.63, 3.8) is 0 Å². The van der Waals surface area contributed by atoms with Gasteiger partial charge in [-0.2, -0.15) is 4.31 Å². The Morgan fingerprint density at radius 1 is 1.02 bits per heavy atom. The highest BCUT2D eigenvalue weighted by molar-refractivity contribution is 7.89. The molecule has 0 atom stereocenters. The van der Waals surface area contributed by atoms with Crippen molar-refractivity contribution in [1.29, 1.82) is 0 Å². The van der Waals surface area contributed by atoms with E-state index in [0.29, 0.717) is 18.7 Å². The third-order valence-electron chi connectivity index (χ3n) is 6.68. The molecule has 0 radical (unpaired) electrons. The number of hydrogen-bond donors (Lipinski definition) is 1. The molecule has 1 amide bonds. The molecule has 0 spiro atoms. The summed E-state index contributed by atoms with van der Waals surface area (Å²) in [5.41, 5.74) is 1.22. The lowest BCUT2D eigenvalue weighted by Gasteiger charge is -2.34. The highest BCUT2D eigenvalue weighted by Crippen LogP contribution is 2.40. The van der Waals surface area contributed by atoms with Gasteiger partial charge in [0.25, 0.3) is 5.91 Å². The fourth-order valence-electron chi connectivity index (χ4n) is 4.49. The van der Waals surface area contributed by atoms with Crippen LogP contribution in [0.4, 0.5) is 5.13 Å². The van der Waals surface area contributed by atoms with Crippen LogP contribution in [0.5, 0.6) is 11.5 Å². The van der Waals surface area contributed by atoms with Gasteiger partial charge in [-0.1, -0.05) is 23.5 Å². The minimum absolute atomic E-state index is 0.121. The summed E-state index contributed by atoms with van der Waals surface area (Å²) in [7, 11) is -0.413. The number of rotatable bonds is 13. The van der Waals surface area contributed by atoms with Crippen LogP contribution in [-0.4, -0.2) is 95.1 Å². The first-order valence-electron chi connectivity index (χ1n) is 12.9. The van der Waals surface area contributed by atoms with Crippen molar-refractivity contribution in [3.05, 3.63) is 67.3 Å². The lowest BCUT2D eigenvalue weighted by molar-refractivity contribution is 0.0947. The molecule has 4 rings (SSSR count). The Morgan fingerprint density at radius 2 is 1.65 bits per heavy atom. The van der Waals surface area contributed by atoms with Crippen LogP contribution in [0, 0.1) is 0 Å². The second kappa shape index (κ2) is 13.3. The molecule has 0 aliphatic carbocycles. The van der Waals surface area contributed by atoms with E-state index in [9.17, 15) is 13.2 Å². The summed E-state index contributed by atoms with van der Waals surface area (Å²) in [6.45, 7) is 12.1. The van der Waals surface area contributed by atoms with E-state index in [1.807, 2.05) is 12.1 Å². The second-order valence-corrected chi connectivity index (χ2v) is 12.1. The van der Waals surface area contributed by atoms with Crippen LogP contribution < -0.4 is 19.7 Å². The van der Waals surface area contributed by atoms with E-state index in [4.69, 9.17) is 14.5 Å². The number of methoxy groups -OCH3 is 2. The third-order valence-corrected chi connectivity index (χ3v) is 9.65. The number of fused-ring (bicyclic) bond motifs is 1. The maximum absolute atomic E-state index is 12.9. The van der Waals surface area contributed by atoms with Gasteiger partial charge in [-0.15, -0.1) is 13.2 Å². The number of nitrogens with one attached hydrogen (secondary N) is 1. The third kappa shape index (κ3) is 6.47. The number of nitrogens with zero attached hydrogens (tertiary/aromatic N) is 4. The summed E-state index contributed by atoms with van der Waals surface area (Å²) in [5.74, 6) is 1.27. The number of anilines is 1. The van der Waals surface area contributed by atoms with E-state index in [-0.39, 0.29) is 23.9 Å². The van der Waals surface area contributed by atoms with Gasteiger partial charge < -0.3 is 19.7 Å². The summed E-state index contributed by atoms with van der Waals surface area (Å²) >= 11 is 1.60. The molecule has 2 heterocycles. The molecule has 1 fully saturated rings. The molecule has 0 unspecified atom stereocenters. The van der Waals surface area contributed by atoms with Crippen molar-refractivity contribution in [3.8, 4) is 11.5 Å². The van der Waals surface area contributed by atoms with Crippen LogP contribution in [0.2, 0.25) is 0 Å². The molecular weight excluding hydrogens is 550 g/mol. The number of aromatic nitrogens is 1. The molecule has 1 N–H and O–H groups in total. The summed E-state index contributed by atoms with van der Waals surface area (Å²) < 4.78 is 39.0. The molecule has 1 saturated heterocycles. The molecule has 40 heavy (non-hydrogen) atoms. The SMILES string of the molecule is C=CCN(CC=C)S(=O)(=O)c1ccc(C(=O)NCCN2CCN(c3nc4c(OC)ccc(OC)c4s3)CC2)cc1. The Labute approximate surface area is 239 Å². The number of sulfonamides is 1. The number of carbonyl (C=O) groups is 1. The molecule has 0 bridgehead atoms. The molecule has 214 valence electrons. The summed E-state index contributed by atoms with van der Waals surface area (Å²) in [6.07, 6.45) is 3.05. The molecule has 1 aliphatic rings. The number of benzene rings is 2. The van der Waals surface area contributed by atoms with E-state index < -0.39 is 10.0 Å². The zero-order chi connectivity index (χ0) is 28.7. The molecule has 0 saturated carbocycles. The van der Waals surface area contributed by atoms with Gasteiger partial charge in [0.2, 0.25) is 10.0 Å². The first-order valence-corrected chi connectivity index (χ1v) is 15.2. The minimum atomic E-state index is -3.71. The van der Waals surface area contributed by atoms with Crippen LogP contribution in [0.25, 0.3) is 10.2 Å². The predicted molar refractivity (Wildman–Crippen MR) is 159 cm³/mol. The number of amides is 1. The van der Waals surface area contributed by atoms with Crippen LogP contribution in [0.15, 0.2) is 66.6 Å². The highest BCUT2D eigenvalue weighted by atomic mass is 32.2. The number of carbonyl (C=O) groups excluding carboxylic acids is 1. The smallest absolute Gasteiger partial charge is 0.251 e. The van der Waals surface area contributed by atoms with Gasteiger partial charge in [0.15, 0.2) is 5.13 Å². The van der Waals surface area contributed by atoms with E-state index in [0.717, 1.165) is 53.0 Å². The Balaban J connectivity index is 1.28. The second-order valence-electron chi connectivity index (χ2n) is 9.15. The van der Waals surface area contributed by atoms with Crippen LogP contribution in [0.3, 0.4) is 0 Å². The topological polar surface area (TPSA) is 104 Å². The molecule has 1 aliphatic heterocycles. The van der Waals surface area contributed by atoms with Crippen molar-refractivity contribution in [2.45, 2.75) is 4.90 Å². The number of hydrogen-bond acceptors (Lipinski definition) is 9. The number of thiazole rings is 1. The maximum atomic E-state index is 12.9. The first kappa shape index (κ1) is 29.5. The first-order chi connectivity index (χ1) is 19.3. The maximum Gasteiger partial charge on any atom is 0.251 e. The largest absolute Gasteiger partial charge is 0.495 e. The van der Waals surface area contributed by atoms with Gasteiger partial charge in [-0.05, 0) is 36.4 Å². The number of piperazine rings is 1. The van der Waals surface area contributed by atoms with Crippen molar-refractivity contribution in [2.24, 2.45) is 0 Å². The molecular formula is C28H35N5O5S2. The Kier molecular flexibility index (Phi) is 9.80. The average molecular weight is 586 g/mol. The van der Waals surface area contributed by atoms with Crippen LogP contribution in [0.1, 0.15) is 10.4 Å². The van der Waals surface area contributed by atoms with Crippen molar-refractivity contribution >= 4 is 42.6 Å². The fourth-order valence-corrected chi connectivity index (χ4v) is 7.00. The molecule has 2 aromatic carbocycles. The normalized spacial score (nSPS) is 14.3. The Hall–Kier alpha value is -3.45. The van der Waals surface area contributed by atoms with Crippen LogP contribution in [-0.2, 0) is 10.0 Å². The van der Waals surface area contributed by atoms with Gasteiger partial charge in [-0.25, -0.2) is 13.4 Å². The number of ether oxygens (including phenoxy) is 2. The Bertz CT molecular complexity index is 1400. The van der Waals surface area contributed by atoms with E-state index in [1.54, 1.807) is 25.6 Å². The van der Waals surface area contributed by atoms with Gasteiger partial charge >= 0.3 is 0 Å². The molecule has 3 aromatic rings. The summed E-state index contributed by atoms with van der Waals surface area (Å²) in [4.78, 5) is 22.2. The quantitative estimate of drug-likeness (QED) is 0.305. The monoisotopic (exact) mass is 585 g/mol. The zero-order valence-electron chi connectivity index (χ0n) is 22.8. The molecule has 12 heteroatoms. The lowest BCUT2D eigenvalue weighted by atomic mass is 10.2. The zero-order valence-corrected chi connectivity index (χ0v) is 24.5. The van der Waals surface area contributed by atoms with Crippen molar-refractivity contribution in [2.75, 3.05) is 71.5 Å². The van der Waals surface area contributed by atoms with Gasteiger partial charge in [0, 0.05) is 57.9 Å². The van der Waals surface area contributed by atoms with Gasteiger partial charge in [-0.3, -0.25) is 9.69 Å². The minimum Gasteiger partial charge on any atom is -0.495 e. The van der Waals surface area contributed by atoms with E-state index in [2.05, 4.69) is 28.3 Å². The molecule has 10 nitrogen and oxygen atoms in total. The van der Waals surface area contributed by atoms with Gasteiger partial charge in [0.05, 0.1) is 19.1 Å². The summed E-state index contributed by atoms with van der Waals surface area (Å²) in [6, 6.07) is 9.74. The fraction of sp³-hybridized carbons (Fsp3) is 0.357. The van der Waals surface area contributed by atoms with Crippen molar-refractivity contribution < 1.29 is 22.7 Å². The van der Waals surface area contributed by atoms with Gasteiger partial charge in [0.1, 0.15) is 21.7 Å². The average Bonchev–Trinajstić information content (AvgIpc) is 3.42. The highest BCUT2D eigenvalue weighted by Gasteiger charge is 2.24.